The molecule has 110 valence electrons. The number of nitrogens with one attached hydrogen (secondary N) is 1. The van der Waals surface area contributed by atoms with Crippen LogP contribution in [0.15, 0.2) is 0 Å². The molecular formula is C12H22N2O4S. The minimum atomic E-state index is -0.914. The van der Waals surface area contributed by atoms with E-state index in [0.29, 0.717) is 13.2 Å². The van der Waals surface area contributed by atoms with Gasteiger partial charge in [0.1, 0.15) is 0 Å². The third kappa shape index (κ3) is 5.69. The Morgan fingerprint density at radius 2 is 2.32 bits per heavy atom. The zero-order valence-electron chi connectivity index (χ0n) is 11.4. The van der Waals surface area contributed by atoms with E-state index in [2.05, 4.69) is 12.2 Å². The van der Waals surface area contributed by atoms with Crippen LogP contribution in [-0.2, 0) is 9.53 Å². The second kappa shape index (κ2) is 8.27. The Kier molecular flexibility index (Phi) is 7.01. The van der Waals surface area contributed by atoms with Gasteiger partial charge in [0.25, 0.3) is 0 Å². The van der Waals surface area contributed by atoms with E-state index in [9.17, 15) is 9.59 Å². The van der Waals surface area contributed by atoms with E-state index < -0.39 is 5.97 Å². The van der Waals surface area contributed by atoms with Gasteiger partial charge in [-0.15, -0.1) is 0 Å². The van der Waals surface area contributed by atoms with Crippen molar-refractivity contribution in [1.29, 1.82) is 0 Å². The lowest BCUT2D eigenvalue weighted by Gasteiger charge is -2.35. The number of ether oxygens (including phenoxy) is 1. The quantitative estimate of drug-likeness (QED) is 0.763. The average molecular weight is 290 g/mol. The number of nitrogens with zero attached hydrogens (tertiary/aromatic N) is 1. The molecule has 0 aromatic carbocycles. The Hall–Kier alpha value is -0.950. The largest absolute Gasteiger partial charge is 0.481 e. The van der Waals surface area contributed by atoms with Gasteiger partial charge in [0.2, 0.25) is 0 Å². The molecular weight excluding hydrogens is 268 g/mol. The lowest BCUT2D eigenvalue weighted by Crippen LogP contribution is -2.54. The van der Waals surface area contributed by atoms with Crippen LogP contribution in [0.1, 0.15) is 20.3 Å². The highest BCUT2D eigenvalue weighted by Gasteiger charge is 2.29. The van der Waals surface area contributed by atoms with E-state index in [1.807, 2.05) is 6.92 Å². The lowest BCUT2D eigenvalue weighted by molar-refractivity contribution is -0.139. The minimum Gasteiger partial charge on any atom is -0.481 e. The first-order chi connectivity index (χ1) is 9.04. The van der Waals surface area contributed by atoms with E-state index in [1.54, 1.807) is 16.7 Å². The summed E-state index contributed by atoms with van der Waals surface area (Å²) in [6.45, 7) is 5.22. The highest BCUT2D eigenvalue weighted by molar-refractivity contribution is 7.99. The molecule has 0 saturated carbocycles. The Morgan fingerprint density at radius 3 is 2.95 bits per heavy atom. The van der Waals surface area contributed by atoms with Gasteiger partial charge in [0.05, 0.1) is 25.7 Å². The SMILES string of the molecule is CCSCC(C)NC(=O)N1CCOCC1CC(=O)O. The van der Waals surface area contributed by atoms with Gasteiger partial charge >= 0.3 is 12.0 Å². The van der Waals surface area contributed by atoms with Crippen molar-refractivity contribution in [1.82, 2.24) is 10.2 Å². The van der Waals surface area contributed by atoms with Crippen LogP contribution < -0.4 is 5.32 Å². The number of morpholine rings is 1. The molecule has 2 atom stereocenters. The second-order valence-corrected chi connectivity index (χ2v) is 5.85. The number of aliphatic carboxylic acids is 1. The third-order valence-corrected chi connectivity index (χ3v) is 3.98. The van der Waals surface area contributed by atoms with E-state index >= 15 is 0 Å². The Labute approximate surface area is 117 Å². The molecule has 0 bridgehead atoms. The molecule has 1 fully saturated rings. The number of carboxylic acids is 1. The van der Waals surface area contributed by atoms with Crippen molar-refractivity contribution in [2.24, 2.45) is 0 Å². The van der Waals surface area contributed by atoms with Crippen LogP contribution in [0.2, 0.25) is 0 Å². The van der Waals surface area contributed by atoms with Gasteiger partial charge in [-0.05, 0) is 12.7 Å². The number of rotatable bonds is 6. The Bertz CT molecular complexity index is 314. The number of urea groups is 1. The standard InChI is InChI=1S/C12H22N2O4S/c1-3-19-8-9(2)13-12(17)14-4-5-18-7-10(14)6-11(15)16/h9-10H,3-8H2,1-2H3,(H,13,17)(H,15,16). The second-order valence-electron chi connectivity index (χ2n) is 4.53. The topological polar surface area (TPSA) is 78.9 Å². The predicted molar refractivity (Wildman–Crippen MR) is 74.6 cm³/mol. The molecule has 2 amide bonds. The lowest BCUT2D eigenvalue weighted by atomic mass is 10.1. The van der Waals surface area contributed by atoms with Crippen LogP contribution in [0.4, 0.5) is 4.79 Å². The van der Waals surface area contributed by atoms with E-state index in [0.717, 1.165) is 11.5 Å². The van der Waals surface area contributed by atoms with Crippen molar-refractivity contribution in [2.45, 2.75) is 32.4 Å². The molecule has 0 aromatic rings. The molecule has 1 aliphatic rings. The molecule has 6 nitrogen and oxygen atoms in total. The maximum Gasteiger partial charge on any atom is 0.318 e. The van der Waals surface area contributed by atoms with Gasteiger partial charge in [-0.1, -0.05) is 6.92 Å². The molecule has 0 radical (unpaired) electrons. The molecule has 1 saturated heterocycles. The monoisotopic (exact) mass is 290 g/mol. The fourth-order valence-corrected chi connectivity index (χ4v) is 2.60. The minimum absolute atomic E-state index is 0.0748. The van der Waals surface area contributed by atoms with Gasteiger partial charge < -0.3 is 20.1 Å². The van der Waals surface area contributed by atoms with Gasteiger partial charge in [-0.2, -0.15) is 11.8 Å². The maximum absolute atomic E-state index is 12.1. The summed E-state index contributed by atoms with van der Waals surface area (Å²) in [6, 6.07) is -0.498. The number of thioether (sulfide) groups is 1. The van der Waals surface area contributed by atoms with Gasteiger partial charge in [0, 0.05) is 18.3 Å². The van der Waals surface area contributed by atoms with Crippen molar-refractivity contribution in [3.8, 4) is 0 Å². The number of hydrogen-bond acceptors (Lipinski definition) is 4. The van der Waals surface area contributed by atoms with E-state index in [-0.39, 0.29) is 31.1 Å². The van der Waals surface area contributed by atoms with Crippen molar-refractivity contribution < 1.29 is 19.4 Å². The molecule has 1 aliphatic heterocycles. The van der Waals surface area contributed by atoms with Crippen LogP contribution in [-0.4, -0.2) is 65.4 Å². The summed E-state index contributed by atoms with van der Waals surface area (Å²) in [7, 11) is 0. The zero-order valence-corrected chi connectivity index (χ0v) is 12.2. The number of carbonyl (C=O) groups is 2. The van der Waals surface area contributed by atoms with Crippen LogP contribution in [0.5, 0.6) is 0 Å². The third-order valence-electron chi connectivity index (χ3n) is 2.84. The fraction of sp³-hybridized carbons (Fsp3) is 0.833. The smallest absolute Gasteiger partial charge is 0.318 e. The summed E-state index contributed by atoms with van der Waals surface area (Å²) in [5.74, 6) is 0.957. The fourth-order valence-electron chi connectivity index (χ4n) is 1.92. The van der Waals surface area contributed by atoms with Crippen molar-refractivity contribution in [3.63, 3.8) is 0 Å². The predicted octanol–water partition coefficient (Wildman–Crippen LogP) is 1.01. The summed E-state index contributed by atoms with van der Waals surface area (Å²) in [6.07, 6.45) is -0.0779. The molecule has 7 heteroatoms. The molecule has 0 spiro atoms. The number of carboxylic acid groups (broad SMARTS) is 1. The van der Waals surface area contributed by atoms with Crippen LogP contribution in [0.25, 0.3) is 0 Å². The Morgan fingerprint density at radius 1 is 1.58 bits per heavy atom. The first kappa shape index (κ1) is 16.1. The molecule has 0 aliphatic carbocycles. The van der Waals surface area contributed by atoms with Gasteiger partial charge in [0.15, 0.2) is 0 Å². The highest BCUT2D eigenvalue weighted by Crippen LogP contribution is 2.11. The molecule has 1 heterocycles. The van der Waals surface area contributed by atoms with E-state index in [4.69, 9.17) is 9.84 Å². The van der Waals surface area contributed by atoms with Crippen molar-refractivity contribution in [2.75, 3.05) is 31.3 Å². The number of hydrogen-bond donors (Lipinski definition) is 2. The molecule has 1 rings (SSSR count). The number of amides is 2. The summed E-state index contributed by atoms with van der Waals surface area (Å²) in [5.41, 5.74) is 0. The average Bonchev–Trinajstić information content (AvgIpc) is 2.36. The van der Waals surface area contributed by atoms with Gasteiger partial charge in [-0.25, -0.2) is 4.79 Å². The Balaban J connectivity index is 2.49. The first-order valence-electron chi connectivity index (χ1n) is 6.49. The van der Waals surface area contributed by atoms with Crippen LogP contribution in [0.3, 0.4) is 0 Å². The summed E-state index contributed by atoms with van der Waals surface area (Å²) in [5, 5.41) is 11.8. The van der Waals surface area contributed by atoms with Gasteiger partial charge in [-0.3, -0.25) is 4.79 Å². The molecule has 2 N–H and O–H groups in total. The van der Waals surface area contributed by atoms with Crippen LogP contribution >= 0.6 is 11.8 Å². The first-order valence-corrected chi connectivity index (χ1v) is 7.64. The molecule has 0 aromatic heterocycles. The summed E-state index contributed by atoms with van der Waals surface area (Å²) >= 11 is 1.76. The molecule has 2 unspecified atom stereocenters. The van der Waals surface area contributed by atoms with Crippen LogP contribution in [0, 0.1) is 0 Å². The number of carbonyl (C=O) groups excluding carboxylic acids is 1. The maximum atomic E-state index is 12.1. The highest BCUT2D eigenvalue weighted by atomic mass is 32.2. The van der Waals surface area contributed by atoms with Crippen molar-refractivity contribution >= 4 is 23.8 Å². The van der Waals surface area contributed by atoms with Crippen molar-refractivity contribution in [3.05, 3.63) is 0 Å². The summed E-state index contributed by atoms with van der Waals surface area (Å²) in [4.78, 5) is 24.5. The zero-order chi connectivity index (χ0) is 14.3. The normalized spacial score (nSPS) is 20.9. The molecule has 19 heavy (non-hydrogen) atoms. The summed E-state index contributed by atoms with van der Waals surface area (Å²) < 4.78 is 5.24. The van der Waals surface area contributed by atoms with E-state index in [1.165, 1.54) is 0 Å².